The Balaban J connectivity index is 2.09. The van der Waals surface area contributed by atoms with Gasteiger partial charge in [0.2, 0.25) is 11.8 Å². The SMILES string of the molecule is C=CCN(C(=O)C1N([C@@H](CO)CC(C)C)C(=O)[C@@H]2[C@H](C(=O)O)[C@@H]3CCC12O3)C(C)CCC. The van der Waals surface area contributed by atoms with Crippen molar-refractivity contribution in [1.82, 2.24) is 9.80 Å². The summed E-state index contributed by atoms with van der Waals surface area (Å²) in [6, 6.07) is -1.57. The minimum atomic E-state index is -1.16. The number of hydrogen-bond donors (Lipinski definition) is 2. The molecule has 3 aliphatic heterocycles. The number of carboxylic acids is 1. The molecule has 8 nitrogen and oxygen atoms in total. The van der Waals surface area contributed by atoms with E-state index in [4.69, 9.17) is 4.74 Å². The first kappa shape index (κ1) is 24.7. The summed E-state index contributed by atoms with van der Waals surface area (Å²) < 4.78 is 6.26. The van der Waals surface area contributed by atoms with Gasteiger partial charge in [-0.25, -0.2) is 0 Å². The summed E-state index contributed by atoms with van der Waals surface area (Å²) in [7, 11) is 0. The van der Waals surface area contributed by atoms with Gasteiger partial charge in [-0.1, -0.05) is 33.3 Å². The van der Waals surface area contributed by atoms with Crippen molar-refractivity contribution in [2.24, 2.45) is 17.8 Å². The van der Waals surface area contributed by atoms with Crippen LogP contribution in [0.1, 0.15) is 59.8 Å². The van der Waals surface area contributed by atoms with Crippen molar-refractivity contribution in [2.75, 3.05) is 13.2 Å². The van der Waals surface area contributed by atoms with Gasteiger partial charge in [0.1, 0.15) is 11.6 Å². The van der Waals surface area contributed by atoms with E-state index in [1.54, 1.807) is 11.0 Å². The lowest BCUT2D eigenvalue weighted by atomic mass is 9.70. The smallest absolute Gasteiger partial charge is 0.310 e. The van der Waals surface area contributed by atoms with Gasteiger partial charge in [0.25, 0.3) is 0 Å². The van der Waals surface area contributed by atoms with Crippen molar-refractivity contribution in [3.05, 3.63) is 12.7 Å². The third-order valence-electron chi connectivity index (χ3n) is 7.45. The van der Waals surface area contributed by atoms with E-state index in [1.807, 2.05) is 20.8 Å². The van der Waals surface area contributed by atoms with E-state index < -0.39 is 41.6 Å². The maximum absolute atomic E-state index is 14.1. The summed E-state index contributed by atoms with van der Waals surface area (Å²) >= 11 is 0. The minimum absolute atomic E-state index is 0.0653. The second-order valence-electron chi connectivity index (χ2n) is 10.0. The predicted molar refractivity (Wildman–Crippen MR) is 119 cm³/mol. The molecular weight excluding hydrogens is 412 g/mol. The van der Waals surface area contributed by atoms with Crippen LogP contribution in [0.2, 0.25) is 0 Å². The number of ether oxygens (including phenoxy) is 1. The number of nitrogens with zero attached hydrogens (tertiary/aromatic N) is 2. The number of aliphatic hydroxyl groups excluding tert-OH is 1. The average Bonchev–Trinajstić information content (AvgIpc) is 3.37. The Bertz CT molecular complexity index is 755. The van der Waals surface area contributed by atoms with Gasteiger partial charge >= 0.3 is 5.97 Å². The molecule has 2 bridgehead atoms. The zero-order chi connectivity index (χ0) is 23.8. The Hall–Kier alpha value is -1.93. The van der Waals surface area contributed by atoms with Gasteiger partial charge in [-0.05, 0) is 38.5 Å². The molecule has 3 aliphatic rings. The lowest BCUT2D eigenvalue weighted by Crippen LogP contribution is -2.60. The van der Waals surface area contributed by atoms with Crippen LogP contribution < -0.4 is 0 Å². The molecule has 0 aliphatic carbocycles. The minimum Gasteiger partial charge on any atom is -0.481 e. The normalized spacial score (nSPS) is 32.8. The third kappa shape index (κ3) is 3.85. The highest BCUT2D eigenvalue weighted by molar-refractivity contribution is 5.98. The molecule has 7 atom stereocenters. The number of hydrogen-bond acceptors (Lipinski definition) is 5. The largest absolute Gasteiger partial charge is 0.481 e. The van der Waals surface area contributed by atoms with Gasteiger partial charge in [0.05, 0.1) is 30.6 Å². The van der Waals surface area contributed by atoms with Crippen LogP contribution in [0, 0.1) is 17.8 Å². The topological polar surface area (TPSA) is 107 Å². The van der Waals surface area contributed by atoms with Gasteiger partial charge in [-0.2, -0.15) is 0 Å². The molecule has 0 radical (unpaired) electrons. The van der Waals surface area contributed by atoms with Gasteiger partial charge < -0.3 is 24.7 Å². The van der Waals surface area contributed by atoms with Crippen LogP contribution in [-0.2, 0) is 19.1 Å². The van der Waals surface area contributed by atoms with Gasteiger partial charge in [-0.3, -0.25) is 14.4 Å². The molecule has 8 heteroatoms. The number of aliphatic carboxylic acids is 1. The molecule has 0 aromatic heterocycles. The van der Waals surface area contributed by atoms with E-state index in [2.05, 4.69) is 13.5 Å². The zero-order valence-corrected chi connectivity index (χ0v) is 19.7. The van der Waals surface area contributed by atoms with Crippen molar-refractivity contribution >= 4 is 17.8 Å². The Morgan fingerprint density at radius 3 is 2.59 bits per heavy atom. The summed E-state index contributed by atoms with van der Waals surface area (Å²) in [6.07, 6.45) is 4.31. The zero-order valence-electron chi connectivity index (χ0n) is 19.7. The first-order valence-corrected chi connectivity index (χ1v) is 11.9. The van der Waals surface area contributed by atoms with Gasteiger partial charge in [0.15, 0.2) is 0 Å². The Morgan fingerprint density at radius 2 is 2.06 bits per heavy atom. The number of carbonyl (C=O) groups is 3. The molecular formula is C24H38N2O6. The number of carbonyl (C=O) groups excluding carboxylic acids is 2. The molecule has 3 rings (SSSR count). The molecule has 3 heterocycles. The molecule has 2 N–H and O–H groups in total. The highest BCUT2D eigenvalue weighted by atomic mass is 16.5. The van der Waals surface area contributed by atoms with Gasteiger partial charge in [0, 0.05) is 12.6 Å². The summed E-state index contributed by atoms with van der Waals surface area (Å²) in [6.45, 7) is 11.9. The van der Waals surface area contributed by atoms with E-state index in [9.17, 15) is 24.6 Å². The van der Waals surface area contributed by atoms with E-state index >= 15 is 0 Å². The molecule has 180 valence electrons. The van der Waals surface area contributed by atoms with Gasteiger partial charge in [-0.15, -0.1) is 6.58 Å². The molecule has 3 fully saturated rings. The van der Waals surface area contributed by atoms with Crippen molar-refractivity contribution in [3.63, 3.8) is 0 Å². The first-order chi connectivity index (χ1) is 15.1. The number of rotatable bonds is 11. The standard InChI is InChI=1S/C24H38N2O6/c1-6-8-15(5)25(11-7-2)22(29)20-24-10-9-17(32-24)18(23(30)31)19(24)21(28)26(20)16(13-27)12-14(3)4/h7,14-20,27H,2,6,8-13H2,1,3-5H3,(H,30,31)/t15?,16-,17+,18-,19+,20?,24?/m1/s1. The van der Waals surface area contributed by atoms with E-state index in [1.165, 1.54) is 4.90 Å². The monoisotopic (exact) mass is 450 g/mol. The molecule has 3 saturated heterocycles. The van der Waals surface area contributed by atoms with Crippen molar-refractivity contribution in [1.29, 1.82) is 0 Å². The van der Waals surface area contributed by atoms with E-state index in [0.29, 0.717) is 25.8 Å². The molecule has 0 aromatic rings. The van der Waals surface area contributed by atoms with Crippen LogP contribution >= 0.6 is 0 Å². The molecule has 0 saturated carbocycles. The maximum Gasteiger partial charge on any atom is 0.310 e. The van der Waals surface area contributed by atoms with E-state index in [0.717, 1.165) is 12.8 Å². The molecule has 0 aromatic carbocycles. The van der Waals surface area contributed by atoms with Crippen LogP contribution in [-0.4, -0.2) is 80.8 Å². The van der Waals surface area contributed by atoms with Crippen LogP contribution in [0.25, 0.3) is 0 Å². The highest BCUT2D eigenvalue weighted by Crippen LogP contribution is 2.59. The Labute approximate surface area is 190 Å². The second kappa shape index (κ2) is 9.51. The summed E-state index contributed by atoms with van der Waals surface area (Å²) in [4.78, 5) is 43.1. The molecule has 32 heavy (non-hydrogen) atoms. The first-order valence-electron chi connectivity index (χ1n) is 11.9. The number of fused-ring (bicyclic) bond motifs is 1. The van der Waals surface area contributed by atoms with Crippen molar-refractivity contribution < 1.29 is 29.3 Å². The maximum atomic E-state index is 14.1. The van der Waals surface area contributed by atoms with Crippen LogP contribution in [0.15, 0.2) is 12.7 Å². The summed E-state index contributed by atoms with van der Waals surface area (Å²) in [5, 5.41) is 20.1. The Morgan fingerprint density at radius 1 is 1.38 bits per heavy atom. The highest BCUT2D eigenvalue weighted by Gasteiger charge is 2.75. The fraction of sp³-hybridized carbons (Fsp3) is 0.792. The molecule has 1 spiro atoms. The second-order valence-corrected chi connectivity index (χ2v) is 10.0. The third-order valence-corrected chi connectivity index (χ3v) is 7.45. The van der Waals surface area contributed by atoms with Crippen LogP contribution in [0.4, 0.5) is 0 Å². The van der Waals surface area contributed by atoms with E-state index in [-0.39, 0.29) is 30.4 Å². The van der Waals surface area contributed by atoms with Crippen molar-refractivity contribution in [2.45, 2.75) is 89.6 Å². The fourth-order valence-corrected chi connectivity index (χ4v) is 6.22. The number of likely N-dealkylation sites (tertiary alicyclic amines) is 1. The van der Waals surface area contributed by atoms with Crippen molar-refractivity contribution in [3.8, 4) is 0 Å². The predicted octanol–water partition coefficient (Wildman–Crippen LogP) is 2.06. The Kier molecular flexibility index (Phi) is 7.34. The van der Waals surface area contributed by atoms with Crippen LogP contribution in [0.5, 0.6) is 0 Å². The summed E-state index contributed by atoms with van der Waals surface area (Å²) in [5.74, 6) is -3.36. The fourth-order valence-electron chi connectivity index (χ4n) is 6.22. The summed E-state index contributed by atoms with van der Waals surface area (Å²) in [5.41, 5.74) is -1.16. The molecule has 3 unspecified atom stereocenters. The quantitative estimate of drug-likeness (QED) is 0.467. The number of carboxylic acid groups (broad SMARTS) is 1. The number of aliphatic hydroxyl groups is 1. The van der Waals surface area contributed by atoms with Crippen LogP contribution in [0.3, 0.4) is 0 Å². The lowest BCUT2D eigenvalue weighted by molar-refractivity contribution is -0.154. The molecule has 2 amide bonds. The average molecular weight is 451 g/mol. The number of amides is 2. The lowest BCUT2D eigenvalue weighted by Gasteiger charge is -2.41.